The molecule has 0 saturated carbocycles. The summed E-state index contributed by atoms with van der Waals surface area (Å²) in [4.78, 5) is 45.3. The number of methoxy groups -OCH3 is 1. The molecule has 46 heavy (non-hydrogen) atoms. The van der Waals surface area contributed by atoms with Crippen LogP contribution in [-0.4, -0.2) is 58.2 Å². The van der Waals surface area contributed by atoms with Crippen molar-refractivity contribution in [1.82, 2.24) is 24.3 Å². The number of fused-ring (bicyclic) bond motifs is 1. The first kappa shape index (κ1) is 30.7. The van der Waals surface area contributed by atoms with Gasteiger partial charge in [-0.2, -0.15) is 0 Å². The van der Waals surface area contributed by atoms with E-state index in [-0.39, 0.29) is 10.6 Å². The van der Waals surface area contributed by atoms with Crippen molar-refractivity contribution in [1.29, 1.82) is 0 Å². The Morgan fingerprint density at radius 1 is 1.07 bits per heavy atom. The second-order valence-corrected chi connectivity index (χ2v) is 13.3. The molecular formula is C34H34Cl2N6O4. The Labute approximate surface area is 275 Å². The molecule has 1 atom stereocenters. The van der Waals surface area contributed by atoms with Crippen LogP contribution in [0.3, 0.4) is 0 Å². The largest absolute Gasteiger partial charge is 0.481 e. The summed E-state index contributed by atoms with van der Waals surface area (Å²) in [6, 6.07) is 13.3. The number of benzene rings is 2. The Morgan fingerprint density at radius 3 is 2.50 bits per heavy atom. The summed E-state index contributed by atoms with van der Waals surface area (Å²) in [5.74, 6) is -0.0505. The Kier molecular flexibility index (Phi) is 7.79. The molecular weight excluding hydrogens is 627 g/mol. The van der Waals surface area contributed by atoms with Crippen LogP contribution < -0.4 is 26.6 Å². The van der Waals surface area contributed by atoms with E-state index in [4.69, 9.17) is 32.9 Å². The minimum atomic E-state index is -0.702. The summed E-state index contributed by atoms with van der Waals surface area (Å²) in [6.45, 7) is 4.40. The van der Waals surface area contributed by atoms with Gasteiger partial charge >= 0.3 is 5.69 Å². The van der Waals surface area contributed by atoms with Crippen molar-refractivity contribution in [2.24, 2.45) is 19.5 Å². The van der Waals surface area contributed by atoms with E-state index >= 15 is 0 Å². The van der Waals surface area contributed by atoms with E-state index in [0.717, 1.165) is 49.2 Å². The molecule has 0 radical (unpaired) electrons. The summed E-state index contributed by atoms with van der Waals surface area (Å²) < 4.78 is 7.94. The average Bonchev–Trinajstić information content (AvgIpc) is 3.70. The Hall–Kier alpha value is -3.96. The van der Waals surface area contributed by atoms with Crippen molar-refractivity contribution in [2.75, 3.05) is 38.6 Å². The number of nitrogens with zero attached hydrogens (tertiary/aromatic N) is 4. The van der Waals surface area contributed by atoms with E-state index in [2.05, 4.69) is 21.6 Å². The SMILES string of the molecule is COc1nc(-c2cccc(-c3cccc(NC(=O)c4cn(C)c(=O)n(C)c4=O)c3Cl)c2Cl)cc2c1C(N1CC3(CCNC3)C1)CC2. The molecule has 12 heteroatoms. The number of carbonyl (C=O) groups excluding carboxylic acids is 1. The summed E-state index contributed by atoms with van der Waals surface area (Å²) >= 11 is 13.9. The van der Waals surface area contributed by atoms with Crippen LogP contribution in [-0.2, 0) is 20.5 Å². The van der Waals surface area contributed by atoms with Crippen LogP contribution in [0.5, 0.6) is 5.88 Å². The van der Waals surface area contributed by atoms with Crippen molar-refractivity contribution < 1.29 is 9.53 Å². The second-order valence-electron chi connectivity index (χ2n) is 12.6. The number of halogens is 2. The fourth-order valence-corrected chi connectivity index (χ4v) is 7.87. The van der Waals surface area contributed by atoms with Crippen LogP contribution >= 0.6 is 23.2 Å². The quantitative estimate of drug-likeness (QED) is 0.309. The highest BCUT2D eigenvalue weighted by Gasteiger charge is 2.49. The molecule has 0 bridgehead atoms. The molecule has 2 aliphatic heterocycles. The van der Waals surface area contributed by atoms with Gasteiger partial charge in [-0.25, -0.2) is 9.78 Å². The van der Waals surface area contributed by atoms with Gasteiger partial charge in [-0.1, -0.05) is 53.5 Å². The first-order chi connectivity index (χ1) is 22.1. The van der Waals surface area contributed by atoms with E-state index in [1.165, 1.54) is 42.4 Å². The maximum Gasteiger partial charge on any atom is 0.330 e. The number of nitrogens with one attached hydrogen (secondary N) is 2. The number of rotatable bonds is 6. The Morgan fingerprint density at radius 2 is 1.78 bits per heavy atom. The number of ether oxygens (including phenoxy) is 1. The lowest BCUT2D eigenvalue weighted by atomic mass is 9.77. The van der Waals surface area contributed by atoms with Crippen LogP contribution in [0.25, 0.3) is 22.4 Å². The molecule has 3 aliphatic rings. The van der Waals surface area contributed by atoms with Crippen molar-refractivity contribution in [3.8, 4) is 28.3 Å². The number of aromatic nitrogens is 3. The molecule has 10 nitrogen and oxygen atoms in total. The summed E-state index contributed by atoms with van der Waals surface area (Å²) in [5, 5.41) is 6.95. The lowest BCUT2D eigenvalue weighted by molar-refractivity contribution is -0.0189. The van der Waals surface area contributed by atoms with Crippen molar-refractivity contribution in [3.05, 3.63) is 96.2 Å². The van der Waals surface area contributed by atoms with Gasteiger partial charge in [0.05, 0.1) is 28.5 Å². The number of amides is 1. The average molecular weight is 662 g/mol. The molecule has 2 saturated heterocycles. The fraction of sp³-hybridized carbons (Fsp3) is 0.353. The first-order valence-electron chi connectivity index (χ1n) is 15.3. The molecule has 2 aromatic carbocycles. The third-order valence-corrected chi connectivity index (χ3v) is 10.5. The lowest BCUT2D eigenvalue weighted by Gasteiger charge is -2.51. The zero-order valence-electron chi connectivity index (χ0n) is 25.8. The van der Waals surface area contributed by atoms with Gasteiger partial charge < -0.3 is 19.9 Å². The van der Waals surface area contributed by atoms with Crippen LogP contribution in [0.2, 0.25) is 10.0 Å². The second kappa shape index (κ2) is 11.7. The minimum absolute atomic E-state index is 0.186. The zero-order valence-corrected chi connectivity index (χ0v) is 27.3. The number of anilines is 1. The monoisotopic (exact) mass is 660 g/mol. The standard InChI is InChI=1S/C34H34Cl2N6O4/c1-40-15-23(32(44)41(2)33(40)45)30(43)38-24-9-5-7-21(29(24)36)20-6-4-8-22(28(20)35)25-14-19-10-11-26(27(19)31(39-25)46-3)42-17-34(18-42)12-13-37-16-34/h4-9,14-15,26,37H,10-13,16-18H2,1-3H3,(H,38,43). The Balaban J connectivity index is 1.19. The zero-order chi connectivity index (χ0) is 32.3. The highest BCUT2D eigenvalue weighted by atomic mass is 35.5. The minimum Gasteiger partial charge on any atom is -0.481 e. The van der Waals surface area contributed by atoms with Crippen molar-refractivity contribution in [3.63, 3.8) is 0 Å². The normalized spacial score (nSPS) is 18.4. The number of hydrogen-bond donors (Lipinski definition) is 2. The topological polar surface area (TPSA) is 110 Å². The van der Waals surface area contributed by atoms with Crippen molar-refractivity contribution in [2.45, 2.75) is 25.3 Å². The summed E-state index contributed by atoms with van der Waals surface area (Å²) in [7, 11) is 4.46. The van der Waals surface area contributed by atoms with E-state index in [0.29, 0.717) is 44.9 Å². The van der Waals surface area contributed by atoms with Crippen LogP contribution in [0.1, 0.15) is 40.4 Å². The molecule has 2 fully saturated rings. The van der Waals surface area contributed by atoms with Crippen LogP contribution in [0, 0.1) is 5.41 Å². The molecule has 2 aromatic heterocycles. The van der Waals surface area contributed by atoms with Crippen LogP contribution in [0.15, 0.2) is 58.3 Å². The van der Waals surface area contributed by atoms with E-state index in [1.54, 1.807) is 19.2 Å². The highest BCUT2D eigenvalue weighted by Crippen LogP contribution is 2.49. The van der Waals surface area contributed by atoms with Gasteiger partial charge in [-0.05, 0) is 43.5 Å². The van der Waals surface area contributed by atoms with Gasteiger partial charge in [-0.15, -0.1) is 0 Å². The molecule has 238 valence electrons. The molecule has 1 aliphatic carbocycles. The molecule has 4 heterocycles. The number of aryl methyl sites for hydroxylation is 2. The molecule has 4 aromatic rings. The van der Waals surface area contributed by atoms with Gasteiger partial charge in [0.2, 0.25) is 5.88 Å². The molecule has 7 rings (SSSR count). The van der Waals surface area contributed by atoms with Gasteiger partial charge in [0, 0.05) is 73.6 Å². The first-order valence-corrected chi connectivity index (χ1v) is 16.0. The van der Waals surface area contributed by atoms with E-state index in [9.17, 15) is 14.4 Å². The molecule has 1 spiro atoms. The van der Waals surface area contributed by atoms with Crippen molar-refractivity contribution >= 4 is 34.8 Å². The van der Waals surface area contributed by atoms with Gasteiger partial charge in [-0.3, -0.25) is 19.1 Å². The van der Waals surface area contributed by atoms with E-state index in [1.807, 2.05) is 24.3 Å². The van der Waals surface area contributed by atoms with Crippen LogP contribution in [0.4, 0.5) is 5.69 Å². The number of hydrogen-bond acceptors (Lipinski definition) is 7. The maximum absolute atomic E-state index is 13.1. The molecule has 1 amide bonds. The maximum atomic E-state index is 13.1. The Bertz CT molecular complexity index is 2010. The molecule has 2 N–H and O–H groups in total. The highest BCUT2D eigenvalue weighted by molar-refractivity contribution is 6.39. The fourth-order valence-electron chi connectivity index (χ4n) is 7.27. The third kappa shape index (κ3) is 5.04. The van der Waals surface area contributed by atoms with Gasteiger partial charge in [0.15, 0.2) is 0 Å². The predicted octanol–water partition coefficient (Wildman–Crippen LogP) is 4.66. The molecule has 1 unspecified atom stereocenters. The number of likely N-dealkylation sites (tertiary alicyclic amines) is 1. The summed E-state index contributed by atoms with van der Waals surface area (Å²) in [5.41, 5.74) is 4.42. The summed E-state index contributed by atoms with van der Waals surface area (Å²) in [6.07, 6.45) is 4.43. The predicted molar refractivity (Wildman–Crippen MR) is 179 cm³/mol. The third-order valence-electron chi connectivity index (χ3n) is 9.68. The number of pyridine rings is 1. The lowest BCUT2D eigenvalue weighted by Crippen LogP contribution is -2.57. The van der Waals surface area contributed by atoms with E-state index < -0.39 is 17.2 Å². The van der Waals surface area contributed by atoms with Gasteiger partial charge in [0.1, 0.15) is 5.56 Å². The smallest absolute Gasteiger partial charge is 0.330 e. The number of carbonyl (C=O) groups is 1. The van der Waals surface area contributed by atoms with Gasteiger partial charge in [0.25, 0.3) is 11.5 Å².